The molecule has 0 fully saturated rings. The van der Waals surface area contributed by atoms with Gasteiger partial charge in [-0.2, -0.15) is 9.64 Å². The van der Waals surface area contributed by atoms with Crippen molar-refractivity contribution >= 4 is 22.4 Å². The maximum absolute atomic E-state index is 8.87. The molecule has 15 heavy (non-hydrogen) atoms. The molecule has 0 aliphatic carbocycles. The second kappa shape index (κ2) is 4.49. The van der Waals surface area contributed by atoms with Gasteiger partial charge in [0.1, 0.15) is 16.6 Å². The highest BCUT2D eigenvalue weighted by Crippen LogP contribution is 2.28. The summed E-state index contributed by atoms with van der Waals surface area (Å²) in [5, 5.41) is 12.9. The molecule has 0 spiro atoms. The molecule has 0 saturated heterocycles. The number of nitrogens with zero attached hydrogens (tertiary/aromatic N) is 2. The van der Waals surface area contributed by atoms with Gasteiger partial charge in [0.05, 0.1) is 0 Å². The number of hydrogen-bond donors (Lipinski definition) is 2. The highest BCUT2D eigenvalue weighted by atomic mass is 32.1. The van der Waals surface area contributed by atoms with Crippen LogP contribution in [0.1, 0.15) is 32.8 Å². The first-order valence-corrected chi connectivity index (χ1v) is 5.66. The van der Waals surface area contributed by atoms with E-state index in [2.05, 4.69) is 36.5 Å². The molecule has 1 rings (SSSR count). The molecule has 1 heterocycles. The fraction of sp³-hybridized carbons (Fsp3) is 0.600. The van der Waals surface area contributed by atoms with Gasteiger partial charge < -0.3 is 11.1 Å². The monoisotopic (exact) mass is 224 g/mol. The van der Waals surface area contributed by atoms with Gasteiger partial charge in [-0.05, 0) is 23.4 Å². The molecule has 0 aliphatic rings. The normalized spacial score (nSPS) is 11.1. The van der Waals surface area contributed by atoms with Crippen LogP contribution in [0.3, 0.4) is 0 Å². The SMILES string of the molecule is CCC(C)(C)CNc1snc(N)c1C#N. The van der Waals surface area contributed by atoms with Crippen LogP contribution in [-0.4, -0.2) is 10.9 Å². The van der Waals surface area contributed by atoms with E-state index in [1.165, 1.54) is 11.5 Å². The summed E-state index contributed by atoms with van der Waals surface area (Å²) in [6.07, 6.45) is 1.08. The molecule has 1 aromatic heterocycles. The van der Waals surface area contributed by atoms with E-state index in [0.717, 1.165) is 18.0 Å². The van der Waals surface area contributed by atoms with Gasteiger partial charge >= 0.3 is 0 Å². The lowest BCUT2D eigenvalue weighted by molar-refractivity contribution is 0.377. The molecular weight excluding hydrogens is 208 g/mol. The number of nitriles is 1. The average molecular weight is 224 g/mol. The van der Waals surface area contributed by atoms with Crippen LogP contribution in [0.25, 0.3) is 0 Å². The zero-order valence-electron chi connectivity index (χ0n) is 9.29. The largest absolute Gasteiger partial charge is 0.382 e. The number of nitrogens with one attached hydrogen (secondary N) is 1. The average Bonchev–Trinajstić information content (AvgIpc) is 2.56. The first kappa shape index (κ1) is 11.8. The van der Waals surface area contributed by atoms with Crippen LogP contribution in [0.5, 0.6) is 0 Å². The number of hydrogen-bond acceptors (Lipinski definition) is 5. The van der Waals surface area contributed by atoms with Crippen molar-refractivity contribution in [2.45, 2.75) is 27.2 Å². The van der Waals surface area contributed by atoms with Crippen LogP contribution in [0.15, 0.2) is 0 Å². The Kier molecular flexibility index (Phi) is 3.53. The fourth-order valence-corrected chi connectivity index (χ4v) is 1.63. The van der Waals surface area contributed by atoms with Crippen molar-refractivity contribution in [1.29, 1.82) is 5.26 Å². The lowest BCUT2D eigenvalue weighted by Crippen LogP contribution is -2.21. The fourth-order valence-electron chi connectivity index (χ4n) is 0.976. The summed E-state index contributed by atoms with van der Waals surface area (Å²) in [7, 11) is 0. The summed E-state index contributed by atoms with van der Waals surface area (Å²) in [6, 6.07) is 2.06. The Balaban J connectivity index is 2.71. The van der Waals surface area contributed by atoms with Crippen LogP contribution in [0.2, 0.25) is 0 Å². The third-order valence-corrected chi connectivity index (χ3v) is 3.33. The van der Waals surface area contributed by atoms with E-state index in [1.54, 1.807) is 0 Å². The van der Waals surface area contributed by atoms with E-state index in [4.69, 9.17) is 11.0 Å². The Bertz CT molecular complexity index is 375. The molecule has 0 bridgehead atoms. The van der Waals surface area contributed by atoms with Crippen LogP contribution < -0.4 is 11.1 Å². The first-order valence-electron chi connectivity index (χ1n) is 4.89. The first-order chi connectivity index (χ1) is 7.00. The Labute approximate surface area is 94.3 Å². The van der Waals surface area contributed by atoms with E-state index in [9.17, 15) is 0 Å². The predicted octanol–water partition coefficient (Wildman–Crippen LogP) is 2.45. The number of aromatic nitrogens is 1. The molecular formula is C10H16N4S. The van der Waals surface area contributed by atoms with E-state index < -0.39 is 0 Å². The summed E-state index contributed by atoms with van der Waals surface area (Å²) < 4.78 is 3.95. The van der Waals surface area contributed by atoms with Gasteiger partial charge in [-0.1, -0.05) is 20.8 Å². The van der Waals surface area contributed by atoms with Crippen molar-refractivity contribution in [2.24, 2.45) is 5.41 Å². The van der Waals surface area contributed by atoms with Gasteiger partial charge in [-0.25, -0.2) is 0 Å². The molecule has 5 heteroatoms. The smallest absolute Gasteiger partial charge is 0.157 e. The number of anilines is 2. The molecule has 4 nitrogen and oxygen atoms in total. The molecule has 0 unspecified atom stereocenters. The predicted molar refractivity (Wildman–Crippen MR) is 63.8 cm³/mol. The zero-order valence-corrected chi connectivity index (χ0v) is 10.1. The van der Waals surface area contributed by atoms with E-state index in [-0.39, 0.29) is 5.41 Å². The standard InChI is InChI=1S/C10H16N4S/c1-4-10(2,3)6-13-9-7(5-11)8(12)14-15-9/h13H,4,6H2,1-3H3,(H2,12,14). The highest BCUT2D eigenvalue weighted by Gasteiger charge is 2.17. The van der Waals surface area contributed by atoms with Crippen LogP contribution in [-0.2, 0) is 0 Å². The third kappa shape index (κ3) is 2.83. The van der Waals surface area contributed by atoms with Gasteiger partial charge in [0, 0.05) is 6.54 Å². The topological polar surface area (TPSA) is 74.7 Å². The van der Waals surface area contributed by atoms with Crippen LogP contribution in [0, 0.1) is 16.7 Å². The summed E-state index contributed by atoms with van der Waals surface area (Å²) in [5.74, 6) is 0.319. The number of rotatable bonds is 4. The minimum Gasteiger partial charge on any atom is -0.382 e. The van der Waals surface area contributed by atoms with Gasteiger partial charge in [0.25, 0.3) is 0 Å². The molecule has 0 saturated carbocycles. The highest BCUT2D eigenvalue weighted by molar-refractivity contribution is 7.10. The Morgan fingerprint density at radius 1 is 1.60 bits per heavy atom. The molecule has 0 aromatic carbocycles. The van der Waals surface area contributed by atoms with Crippen LogP contribution in [0.4, 0.5) is 10.8 Å². The van der Waals surface area contributed by atoms with E-state index >= 15 is 0 Å². The van der Waals surface area contributed by atoms with Gasteiger partial charge in [0.15, 0.2) is 5.82 Å². The van der Waals surface area contributed by atoms with E-state index in [1.807, 2.05) is 0 Å². The van der Waals surface area contributed by atoms with Crippen molar-refractivity contribution in [3.05, 3.63) is 5.56 Å². The van der Waals surface area contributed by atoms with Gasteiger partial charge in [-0.15, -0.1) is 0 Å². The third-order valence-electron chi connectivity index (χ3n) is 2.51. The molecule has 0 aliphatic heterocycles. The zero-order chi connectivity index (χ0) is 11.5. The maximum Gasteiger partial charge on any atom is 0.157 e. The second-order valence-electron chi connectivity index (χ2n) is 4.26. The molecule has 0 amide bonds. The van der Waals surface area contributed by atoms with Crippen molar-refractivity contribution in [3.8, 4) is 6.07 Å². The minimum atomic E-state index is 0.214. The molecule has 82 valence electrons. The van der Waals surface area contributed by atoms with Crippen molar-refractivity contribution in [1.82, 2.24) is 4.37 Å². The van der Waals surface area contributed by atoms with E-state index in [0.29, 0.717) is 11.4 Å². The van der Waals surface area contributed by atoms with Gasteiger partial charge in [-0.3, -0.25) is 0 Å². The lowest BCUT2D eigenvalue weighted by atomic mass is 9.90. The minimum absolute atomic E-state index is 0.214. The van der Waals surface area contributed by atoms with Crippen molar-refractivity contribution < 1.29 is 0 Å². The quantitative estimate of drug-likeness (QED) is 0.823. The summed E-state index contributed by atoms with van der Waals surface area (Å²) >= 11 is 1.24. The molecule has 0 radical (unpaired) electrons. The number of nitrogens with two attached hydrogens (primary N) is 1. The Morgan fingerprint density at radius 3 is 2.80 bits per heavy atom. The molecule has 0 atom stereocenters. The Hall–Kier alpha value is -1.28. The lowest BCUT2D eigenvalue weighted by Gasteiger charge is -2.22. The van der Waals surface area contributed by atoms with Crippen LogP contribution >= 0.6 is 11.5 Å². The van der Waals surface area contributed by atoms with Crippen molar-refractivity contribution in [2.75, 3.05) is 17.6 Å². The Morgan fingerprint density at radius 2 is 2.27 bits per heavy atom. The molecule has 1 aromatic rings. The summed E-state index contributed by atoms with van der Waals surface area (Å²) in [5.41, 5.74) is 6.24. The maximum atomic E-state index is 8.87. The second-order valence-corrected chi connectivity index (χ2v) is 5.03. The number of nitrogen functional groups attached to an aromatic ring is 1. The van der Waals surface area contributed by atoms with Gasteiger partial charge in [0.2, 0.25) is 0 Å². The molecule has 3 N–H and O–H groups in total. The summed E-state index contributed by atoms with van der Waals surface area (Å²) in [4.78, 5) is 0. The summed E-state index contributed by atoms with van der Waals surface area (Å²) in [6.45, 7) is 7.32. The van der Waals surface area contributed by atoms with Crippen molar-refractivity contribution in [3.63, 3.8) is 0 Å².